The van der Waals surface area contributed by atoms with Gasteiger partial charge in [-0.25, -0.2) is 9.38 Å². The first kappa shape index (κ1) is 23.1. The van der Waals surface area contributed by atoms with Crippen LogP contribution in [-0.4, -0.2) is 24.2 Å². The van der Waals surface area contributed by atoms with Gasteiger partial charge in [-0.05, 0) is 42.6 Å². The Morgan fingerprint density at radius 3 is 2.76 bits per heavy atom. The van der Waals surface area contributed by atoms with Gasteiger partial charge in [-0.2, -0.15) is 5.26 Å². The number of hydrogen-bond acceptors (Lipinski definition) is 4. The van der Waals surface area contributed by atoms with E-state index in [0.717, 1.165) is 15.0 Å². The van der Waals surface area contributed by atoms with Crippen molar-refractivity contribution in [2.24, 2.45) is 4.99 Å². The quantitative estimate of drug-likeness (QED) is 0.255. The van der Waals surface area contributed by atoms with Crippen LogP contribution in [0, 0.1) is 17.1 Å². The van der Waals surface area contributed by atoms with E-state index in [1.807, 2.05) is 43.3 Å². The van der Waals surface area contributed by atoms with E-state index in [1.165, 1.54) is 18.2 Å². The molecule has 1 heterocycles. The molecule has 3 aromatic rings. The molecule has 1 aromatic heterocycles. The summed E-state index contributed by atoms with van der Waals surface area (Å²) in [6.45, 7) is 2.93. The second kappa shape index (κ2) is 11.1. The summed E-state index contributed by atoms with van der Waals surface area (Å²) in [5.41, 5.74) is 0.742. The molecule has 0 saturated carbocycles. The summed E-state index contributed by atoms with van der Waals surface area (Å²) in [4.78, 5) is 5.24. The normalized spacial score (nSPS) is 12.1. The number of guanidine groups is 1. The molecule has 0 aliphatic carbocycles. The first-order valence-corrected chi connectivity index (χ1v) is 9.79. The maximum atomic E-state index is 13.9. The van der Waals surface area contributed by atoms with Gasteiger partial charge in [-0.1, -0.05) is 18.2 Å². The molecule has 0 amide bonds. The minimum absolute atomic E-state index is 0. The van der Waals surface area contributed by atoms with Crippen molar-refractivity contribution in [1.29, 1.82) is 5.26 Å². The number of nitriles is 1. The SMILES string of the molecule is CCNC(=NCc1cc(C#N)ccc1F)NCC(O)c1cc2ccccc2s1.I. The molecule has 0 aliphatic heterocycles. The van der Waals surface area contributed by atoms with E-state index in [4.69, 9.17) is 5.26 Å². The number of hydrogen-bond donors (Lipinski definition) is 3. The van der Waals surface area contributed by atoms with E-state index in [1.54, 1.807) is 11.3 Å². The molecule has 152 valence electrons. The van der Waals surface area contributed by atoms with Gasteiger partial charge in [-0.15, -0.1) is 35.3 Å². The van der Waals surface area contributed by atoms with Crippen molar-refractivity contribution < 1.29 is 9.50 Å². The highest BCUT2D eigenvalue weighted by Gasteiger charge is 2.12. The number of benzene rings is 2. The maximum Gasteiger partial charge on any atom is 0.191 e. The van der Waals surface area contributed by atoms with Crippen molar-refractivity contribution >= 4 is 51.4 Å². The Bertz CT molecular complexity index is 998. The highest BCUT2D eigenvalue weighted by molar-refractivity contribution is 14.0. The summed E-state index contributed by atoms with van der Waals surface area (Å²) in [6.07, 6.45) is -0.681. The number of aliphatic hydroxyl groups excluding tert-OH is 1. The minimum Gasteiger partial charge on any atom is -0.386 e. The average molecular weight is 524 g/mol. The fourth-order valence-corrected chi connectivity index (χ4v) is 3.78. The first-order chi connectivity index (χ1) is 13.6. The molecule has 0 fully saturated rings. The van der Waals surface area contributed by atoms with Crippen LogP contribution in [-0.2, 0) is 6.54 Å². The average Bonchev–Trinajstić information content (AvgIpc) is 3.15. The van der Waals surface area contributed by atoms with Gasteiger partial charge in [0.1, 0.15) is 11.9 Å². The van der Waals surface area contributed by atoms with E-state index in [9.17, 15) is 9.50 Å². The summed E-state index contributed by atoms with van der Waals surface area (Å²) in [5.74, 6) is 0.0772. The van der Waals surface area contributed by atoms with Crippen LogP contribution in [0.5, 0.6) is 0 Å². The van der Waals surface area contributed by atoms with E-state index < -0.39 is 11.9 Å². The second-order valence-corrected chi connectivity index (χ2v) is 7.31. The zero-order valence-electron chi connectivity index (χ0n) is 15.9. The lowest BCUT2D eigenvalue weighted by Crippen LogP contribution is -2.39. The number of aliphatic imine (C=N–C) groups is 1. The summed E-state index contributed by atoms with van der Waals surface area (Å²) in [7, 11) is 0. The van der Waals surface area contributed by atoms with Crippen molar-refractivity contribution in [3.63, 3.8) is 0 Å². The van der Waals surface area contributed by atoms with Gasteiger partial charge < -0.3 is 15.7 Å². The molecule has 0 bridgehead atoms. The third-order valence-corrected chi connectivity index (χ3v) is 5.38. The molecule has 2 aromatic carbocycles. The molecule has 3 N–H and O–H groups in total. The Labute approximate surface area is 190 Å². The molecule has 1 atom stereocenters. The predicted octanol–water partition coefficient (Wildman–Crippen LogP) is 4.32. The van der Waals surface area contributed by atoms with Crippen molar-refractivity contribution in [2.75, 3.05) is 13.1 Å². The van der Waals surface area contributed by atoms with Crippen molar-refractivity contribution in [3.05, 3.63) is 70.4 Å². The van der Waals surface area contributed by atoms with Gasteiger partial charge in [0.25, 0.3) is 0 Å². The molecule has 0 spiro atoms. The van der Waals surface area contributed by atoms with Crippen LogP contribution in [0.4, 0.5) is 4.39 Å². The van der Waals surface area contributed by atoms with Gasteiger partial charge >= 0.3 is 0 Å². The Kier molecular flexibility index (Phi) is 8.82. The molecule has 8 heteroatoms. The fourth-order valence-electron chi connectivity index (χ4n) is 2.73. The Morgan fingerprint density at radius 2 is 2.03 bits per heavy atom. The number of halogens is 2. The van der Waals surface area contributed by atoms with Crippen molar-refractivity contribution in [1.82, 2.24) is 10.6 Å². The monoisotopic (exact) mass is 524 g/mol. The smallest absolute Gasteiger partial charge is 0.191 e. The van der Waals surface area contributed by atoms with Gasteiger partial charge in [0, 0.05) is 28.2 Å². The molecule has 0 aliphatic rings. The molecule has 1 unspecified atom stereocenters. The van der Waals surface area contributed by atoms with E-state index in [0.29, 0.717) is 23.6 Å². The number of nitrogens with one attached hydrogen (secondary N) is 2. The summed E-state index contributed by atoms with van der Waals surface area (Å²) < 4.78 is 15.1. The van der Waals surface area contributed by atoms with Gasteiger partial charge in [-0.3, -0.25) is 0 Å². The first-order valence-electron chi connectivity index (χ1n) is 8.98. The van der Waals surface area contributed by atoms with E-state index >= 15 is 0 Å². The largest absolute Gasteiger partial charge is 0.386 e. The summed E-state index contributed by atoms with van der Waals surface area (Å²) in [6, 6.07) is 16.2. The van der Waals surface area contributed by atoms with Gasteiger partial charge in [0.15, 0.2) is 5.96 Å². The molecule has 3 rings (SSSR count). The predicted molar refractivity (Wildman–Crippen MR) is 126 cm³/mol. The number of aliphatic hydroxyl groups is 1. The maximum absolute atomic E-state index is 13.9. The summed E-state index contributed by atoms with van der Waals surface area (Å²) >= 11 is 1.56. The lowest BCUT2D eigenvalue weighted by molar-refractivity contribution is 0.184. The number of rotatable bonds is 6. The number of fused-ring (bicyclic) bond motifs is 1. The zero-order valence-corrected chi connectivity index (χ0v) is 19.0. The molecular weight excluding hydrogens is 502 g/mol. The fraction of sp³-hybridized carbons (Fsp3) is 0.238. The second-order valence-electron chi connectivity index (χ2n) is 6.20. The lowest BCUT2D eigenvalue weighted by Gasteiger charge is -2.14. The van der Waals surface area contributed by atoms with E-state index in [2.05, 4.69) is 15.6 Å². The molecule has 5 nitrogen and oxygen atoms in total. The molecule has 0 saturated heterocycles. The lowest BCUT2D eigenvalue weighted by atomic mass is 10.1. The van der Waals surface area contributed by atoms with Crippen LogP contribution >= 0.6 is 35.3 Å². The Balaban J connectivity index is 0.00000300. The van der Waals surface area contributed by atoms with Crippen LogP contribution in [0.2, 0.25) is 0 Å². The van der Waals surface area contributed by atoms with E-state index in [-0.39, 0.29) is 37.1 Å². The van der Waals surface area contributed by atoms with Crippen molar-refractivity contribution in [3.8, 4) is 6.07 Å². The number of thiophene rings is 1. The standard InChI is InChI=1S/C21H21FN4OS.HI/c1-2-24-21(25-12-16-9-14(11-23)7-8-17(16)22)26-13-18(27)20-10-15-5-3-4-6-19(15)28-20;/h3-10,18,27H,2,12-13H2,1H3,(H2,24,25,26);1H. The van der Waals surface area contributed by atoms with Crippen LogP contribution < -0.4 is 10.6 Å². The summed E-state index contributed by atoms with van der Waals surface area (Å²) in [5, 5.41) is 26.7. The van der Waals surface area contributed by atoms with Crippen LogP contribution in [0.3, 0.4) is 0 Å². The Hall–Kier alpha value is -2.22. The van der Waals surface area contributed by atoms with Gasteiger partial charge in [0.05, 0.1) is 18.2 Å². The van der Waals surface area contributed by atoms with Crippen LogP contribution in [0.15, 0.2) is 53.5 Å². The highest BCUT2D eigenvalue weighted by atomic mass is 127. The van der Waals surface area contributed by atoms with Crippen molar-refractivity contribution in [2.45, 2.75) is 19.6 Å². The third kappa shape index (κ3) is 6.13. The third-order valence-electron chi connectivity index (χ3n) is 4.16. The molecule has 0 radical (unpaired) electrons. The topological polar surface area (TPSA) is 80.4 Å². The minimum atomic E-state index is -0.681. The molecular formula is C21H22FIN4OS. The number of nitrogens with zero attached hydrogens (tertiary/aromatic N) is 2. The van der Waals surface area contributed by atoms with Crippen LogP contribution in [0.1, 0.15) is 29.0 Å². The molecule has 29 heavy (non-hydrogen) atoms. The zero-order chi connectivity index (χ0) is 19.9. The highest BCUT2D eigenvalue weighted by Crippen LogP contribution is 2.29. The Morgan fingerprint density at radius 1 is 1.24 bits per heavy atom. The van der Waals surface area contributed by atoms with Gasteiger partial charge in [0.2, 0.25) is 0 Å². The van der Waals surface area contributed by atoms with Crippen LogP contribution in [0.25, 0.3) is 10.1 Å².